The van der Waals surface area contributed by atoms with Gasteiger partial charge >= 0.3 is 0 Å². The van der Waals surface area contributed by atoms with Gasteiger partial charge in [-0.15, -0.1) is 0 Å². The van der Waals surface area contributed by atoms with Crippen LogP contribution in [0.2, 0.25) is 0 Å². The largest absolute Gasteiger partial charge is 0.482 e. The molecule has 0 aliphatic carbocycles. The van der Waals surface area contributed by atoms with Crippen molar-refractivity contribution >= 4 is 5.91 Å². The minimum absolute atomic E-state index is 0.0459. The zero-order valence-electron chi connectivity index (χ0n) is 14.4. The van der Waals surface area contributed by atoms with Gasteiger partial charge in [-0.1, -0.05) is 61.7 Å². The summed E-state index contributed by atoms with van der Waals surface area (Å²) in [6, 6.07) is 10.6. The first-order valence-electron chi connectivity index (χ1n) is 7.96. The molecule has 0 unspecified atom stereocenters. The van der Waals surface area contributed by atoms with E-state index >= 15 is 0 Å². The van der Waals surface area contributed by atoms with Gasteiger partial charge in [-0.05, 0) is 11.1 Å². The molecule has 0 spiro atoms. The first-order chi connectivity index (χ1) is 12.6. The maximum Gasteiger partial charge on any atom is 0.274 e. The van der Waals surface area contributed by atoms with E-state index in [0.717, 1.165) is 15.8 Å². The van der Waals surface area contributed by atoms with Gasteiger partial charge in [0.1, 0.15) is 6.61 Å². The van der Waals surface area contributed by atoms with Gasteiger partial charge in [-0.3, -0.25) is 14.3 Å². The number of carbonyl (C=O) groups excluding carboxylic acids is 1. The van der Waals surface area contributed by atoms with Crippen LogP contribution >= 0.6 is 0 Å². The summed E-state index contributed by atoms with van der Waals surface area (Å²) in [5.74, 6) is 5.23. The molecule has 0 aliphatic rings. The van der Waals surface area contributed by atoms with E-state index in [1.165, 1.54) is 12.3 Å². The topological polar surface area (TPSA) is 86.3 Å². The van der Waals surface area contributed by atoms with Crippen molar-refractivity contribution in [3.05, 3.63) is 101 Å². The van der Waals surface area contributed by atoms with Gasteiger partial charge in [0.25, 0.3) is 5.91 Å². The standard InChI is InChI=1S/C20H21N3O3/c1-3-8-15(4-2)13-22-20(25)18-19(17(24)11-12-23(18)21)26-14-16-9-6-5-7-10-16/h3-12H,1-2,13-14,21H2,(H,22,25)/b15-8+. The zero-order valence-corrected chi connectivity index (χ0v) is 14.4. The summed E-state index contributed by atoms with van der Waals surface area (Å²) in [6.45, 7) is 7.64. The SMILES string of the molecule is C=C/C=C(\C=C)CNC(=O)c1c(OCc2ccccc2)c(=O)ccn1N. The average molecular weight is 351 g/mol. The molecule has 1 aromatic heterocycles. The number of nitrogens with zero attached hydrogens (tertiary/aromatic N) is 1. The van der Waals surface area contributed by atoms with Crippen molar-refractivity contribution in [2.24, 2.45) is 0 Å². The number of amides is 1. The number of hydrogen-bond donors (Lipinski definition) is 2. The molecular formula is C20H21N3O3. The molecule has 0 saturated carbocycles. The van der Waals surface area contributed by atoms with Crippen LogP contribution in [-0.2, 0) is 6.61 Å². The summed E-state index contributed by atoms with van der Waals surface area (Å²) in [4.78, 5) is 24.8. The van der Waals surface area contributed by atoms with Gasteiger partial charge < -0.3 is 15.9 Å². The van der Waals surface area contributed by atoms with Crippen molar-refractivity contribution in [1.82, 2.24) is 9.99 Å². The number of rotatable bonds is 8. The number of nitrogen functional groups attached to an aromatic ring is 1. The fourth-order valence-corrected chi connectivity index (χ4v) is 2.24. The van der Waals surface area contributed by atoms with Crippen molar-refractivity contribution in [2.75, 3.05) is 12.4 Å². The molecule has 0 saturated heterocycles. The van der Waals surface area contributed by atoms with Gasteiger partial charge in [0.15, 0.2) is 11.4 Å². The normalized spacial score (nSPS) is 10.8. The highest BCUT2D eigenvalue weighted by Gasteiger charge is 2.19. The third kappa shape index (κ3) is 4.73. The lowest BCUT2D eigenvalue weighted by Gasteiger charge is -2.14. The predicted octanol–water partition coefficient (Wildman–Crippen LogP) is 2.17. The smallest absolute Gasteiger partial charge is 0.274 e. The number of hydrogen-bond acceptors (Lipinski definition) is 4. The molecule has 2 rings (SSSR count). The lowest BCUT2D eigenvalue weighted by atomic mass is 10.2. The van der Waals surface area contributed by atoms with Crippen molar-refractivity contribution in [3.63, 3.8) is 0 Å². The van der Waals surface area contributed by atoms with E-state index in [0.29, 0.717) is 0 Å². The van der Waals surface area contributed by atoms with Crippen molar-refractivity contribution < 1.29 is 9.53 Å². The Bertz CT molecular complexity index is 883. The molecule has 0 fully saturated rings. The van der Waals surface area contributed by atoms with Crippen LogP contribution in [0.1, 0.15) is 16.1 Å². The van der Waals surface area contributed by atoms with Crippen LogP contribution in [0.15, 0.2) is 84.3 Å². The third-order valence-electron chi connectivity index (χ3n) is 3.57. The molecule has 0 bridgehead atoms. The summed E-state index contributed by atoms with van der Waals surface area (Å²) >= 11 is 0. The van der Waals surface area contributed by atoms with Crippen LogP contribution in [0.5, 0.6) is 5.75 Å². The highest BCUT2D eigenvalue weighted by Crippen LogP contribution is 2.14. The Morgan fingerprint density at radius 3 is 2.62 bits per heavy atom. The summed E-state index contributed by atoms with van der Waals surface area (Å²) in [5.41, 5.74) is 1.17. The molecule has 3 N–H and O–H groups in total. The number of carbonyl (C=O) groups is 1. The first kappa shape index (κ1) is 18.8. The van der Waals surface area contributed by atoms with E-state index in [2.05, 4.69) is 18.5 Å². The molecule has 2 aromatic rings. The summed E-state index contributed by atoms with van der Waals surface area (Å²) in [6.07, 6.45) is 6.25. The molecule has 6 nitrogen and oxygen atoms in total. The molecule has 0 atom stereocenters. The average Bonchev–Trinajstić information content (AvgIpc) is 2.66. The second-order valence-corrected chi connectivity index (χ2v) is 5.40. The monoisotopic (exact) mass is 351 g/mol. The third-order valence-corrected chi connectivity index (χ3v) is 3.57. The van der Waals surface area contributed by atoms with E-state index < -0.39 is 11.3 Å². The Morgan fingerprint density at radius 1 is 1.23 bits per heavy atom. The van der Waals surface area contributed by atoms with E-state index in [9.17, 15) is 9.59 Å². The number of aromatic nitrogens is 1. The van der Waals surface area contributed by atoms with E-state index in [1.54, 1.807) is 18.2 Å². The summed E-state index contributed by atoms with van der Waals surface area (Å²) in [5, 5.41) is 2.70. The Labute approximate surface area is 151 Å². The molecule has 0 aliphatic heterocycles. The minimum Gasteiger partial charge on any atom is -0.482 e. The zero-order chi connectivity index (χ0) is 18.9. The highest BCUT2D eigenvalue weighted by molar-refractivity contribution is 5.95. The number of pyridine rings is 1. The fraction of sp³-hybridized carbons (Fsp3) is 0.100. The quantitative estimate of drug-likeness (QED) is 0.564. The molecule has 6 heteroatoms. The van der Waals surface area contributed by atoms with Gasteiger partial charge in [0, 0.05) is 18.8 Å². The molecule has 1 heterocycles. The van der Waals surface area contributed by atoms with Crippen molar-refractivity contribution in [2.45, 2.75) is 6.61 Å². The summed E-state index contributed by atoms with van der Waals surface area (Å²) < 4.78 is 6.68. The van der Waals surface area contributed by atoms with Gasteiger partial charge in [-0.2, -0.15) is 0 Å². The van der Waals surface area contributed by atoms with Crippen molar-refractivity contribution in [3.8, 4) is 5.75 Å². The maximum absolute atomic E-state index is 12.6. The number of ether oxygens (including phenoxy) is 1. The molecule has 26 heavy (non-hydrogen) atoms. The number of allylic oxidation sites excluding steroid dienone is 2. The van der Waals surface area contributed by atoms with Crippen LogP contribution in [0.3, 0.4) is 0 Å². The van der Waals surface area contributed by atoms with Gasteiger partial charge in [0.05, 0.1) is 0 Å². The van der Waals surface area contributed by atoms with E-state index in [-0.39, 0.29) is 24.6 Å². The number of nitrogens with two attached hydrogens (primary N) is 1. The highest BCUT2D eigenvalue weighted by atomic mass is 16.5. The van der Waals surface area contributed by atoms with Crippen LogP contribution in [-0.4, -0.2) is 17.1 Å². The van der Waals surface area contributed by atoms with Crippen molar-refractivity contribution in [1.29, 1.82) is 0 Å². The maximum atomic E-state index is 12.6. The van der Waals surface area contributed by atoms with Gasteiger partial charge in [-0.25, -0.2) is 0 Å². The first-order valence-corrected chi connectivity index (χ1v) is 7.96. The second-order valence-electron chi connectivity index (χ2n) is 5.40. The Kier molecular flexibility index (Phi) is 6.56. The summed E-state index contributed by atoms with van der Waals surface area (Å²) in [7, 11) is 0. The van der Waals surface area contributed by atoms with Crippen LogP contribution < -0.4 is 21.3 Å². The predicted molar refractivity (Wildman–Crippen MR) is 102 cm³/mol. The fourth-order valence-electron chi connectivity index (χ4n) is 2.24. The Balaban J connectivity index is 2.24. The van der Waals surface area contributed by atoms with Crippen LogP contribution in [0.25, 0.3) is 0 Å². The lowest BCUT2D eigenvalue weighted by molar-refractivity contribution is 0.0943. The van der Waals surface area contributed by atoms with E-state index in [4.69, 9.17) is 10.6 Å². The Morgan fingerprint density at radius 2 is 1.96 bits per heavy atom. The van der Waals surface area contributed by atoms with E-state index in [1.807, 2.05) is 30.3 Å². The van der Waals surface area contributed by atoms with Gasteiger partial charge in [0.2, 0.25) is 5.43 Å². The molecule has 0 radical (unpaired) electrons. The lowest BCUT2D eigenvalue weighted by Crippen LogP contribution is -2.33. The number of nitrogens with one attached hydrogen (secondary N) is 1. The second kappa shape index (κ2) is 9.08. The molecule has 1 amide bonds. The van der Waals surface area contributed by atoms with Crippen LogP contribution in [0, 0.1) is 0 Å². The minimum atomic E-state index is -0.523. The van der Waals surface area contributed by atoms with Crippen LogP contribution in [0.4, 0.5) is 0 Å². The Hall–Kier alpha value is -3.54. The molecule has 134 valence electrons. The molecular weight excluding hydrogens is 330 g/mol. The number of benzene rings is 1. The molecule has 1 aromatic carbocycles.